The second kappa shape index (κ2) is 12.6. The Morgan fingerprint density at radius 1 is 1.22 bits per heavy atom. The van der Waals surface area contributed by atoms with Gasteiger partial charge in [-0.15, -0.1) is 24.0 Å². The Kier molecular flexibility index (Phi) is 10.2. The number of carbonyl (C=O) groups is 1. The fraction of sp³-hybridized carbons (Fsp3) is 0.417. The van der Waals surface area contributed by atoms with Gasteiger partial charge in [-0.2, -0.15) is 0 Å². The van der Waals surface area contributed by atoms with Crippen LogP contribution in [0.5, 0.6) is 5.75 Å². The molecule has 0 bridgehead atoms. The van der Waals surface area contributed by atoms with Crippen molar-refractivity contribution in [3.05, 3.63) is 65.0 Å². The minimum Gasteiger partial charge on any atom is -0.494 e. The lowest BCUT2D eigenvalue weighted by Gasteiger charge is -2.19. The number of nitrogens with zero attached hydrogens (tertiary/aromatic N) is 2. The first-order chi connectivity index (χ1) is 15.0. The molecule has 1 atom stereocenters. The number of halogens is 2. The first-order valence-corrected chi connectivity index (χ1v) is 10.7. The summed E-state index contributed by atoms with van der Waals surface area (Å²) in [5.74, 6) is 0.638. The Balaban J connectivity index is 0.00000363. The number of methoxy groups -OCH3 is 1. The van der Waals surface area contributed by atoms with E-state index < -0.39 is 5.82 Å². The number of hydrogen-bond acceptors (Lipinski definition) is 3. The van der Waals surface area contributed by atoms with Crippen LogP contribution in [0.4, 0.5) is 4.39 Å². The number of hydrogen-bond donors (Lipinski definition) is 2. The Hall–Kier alpha value is -2.36. The fourth-order valence-corrected chi connectivity index (χ4v) is 3.65. The fourth-order valence-electron chi connectivity index (χ4n) is 3.65. The van der Waals surface area contributed by atoms with E-state index in [1.54, 1.807) is 6.07 Å². The zero-order chi connectivity index (χ0) is 22.2. The molecule has 0 radical (unpaired) electrons. The predicted octanol–water partition coefficient (Wildman–Crippen LogP) is 4.39. The van der Waals surface area contributed by atoms with E-state index in [0.29, 0.717) is 45.0 Å². The van der Waals surface area contributed by atoms with Crippen molar-refractivity contribution in [3.63, 3.8) is 0 Å². The molecular weight excluding hydrogens is 522 g/mol. The van der Waals surface area contributed by atoms with E-state index in [2.05, 4.69) is 27.8 Å². The third-order valence-electron chi connectivity index (χ3n) is 5.39. The van der Waals surface area contributed by atoms with Crippen molar-refractivity contribution in [1.29, 1.82) is 0 Å². The van der Waals surface area contributed by atoms with E-state index in [1.165, 1.54) is 24.3 Å². The summed E-state index contributed by atoms with van der Waals surface area (Å²) in [5, 5.41) is 6.49. The van der Waals surface area contributed by atoms with Crippen LogP contribution >= 0.6 is 24.0 Å². The number of benzene rings is 2. The Bertz CT molecular complexity index is 913. The number of amides is 1. The van der Waals surface area contributed by atoms with Crippen molar-refractivity contribution in [2.24, 2.45) is 4.99 Å². The second-order valence-electron chi connectivity index (χ2n) is 7.64. The summed E-state index contributed by atoms with van der Waals surface area (Å²) < 4.78 is 19.0. The van der Waals surface area contributed by atoms with Crippen LogP contribution in [-0.4, -0.2) is 37.0 Å². The van der Waals surface area contributed by atoms with Crippen molar-refractivity contribution >= 4 is 35.8 Å². The molecule has 0 spiro atoms. The van der Waals surface area contributed by atoms with E-state index in [9.17, 15) is 9.18 Å². The van der Waals surface area contributed by atoms with Gasteiger partial charge in [-0.3, -0.25) is 9.79 Å². The highest BCUT2D eigenvalue weighted by molar-refractivity contribution is 14.0. The average Bonchev–Trinajstić information content (AvgIpc) is 3.21. The summed E-state index contributed by atoms with van der Waals surface area (Å²) in [6, 6.07) is 13.0. The van der Waals surface area contributed by atoms with Gasteiger partial charge in [0.2, 0.25) is 5.91 Å². The summed E-state index contributed by atoms with van der Waals surface area (Å²) in [4.78, 5) is 19.0. The first kappa shape index (κ1) is 25.9. The van der Waals surface area contributed by atoms with Gasteiger partial charge in [0.15, 0.2) is 17.5 Å². The van der Waals surface area contributed by atoms with E-state index in [4.69, 9.17) is 4.74 Å². The molecule has 174 valence electrons. The highest BCUT2D eigenvalue weighted by Gasteiger charge is 2.22. The molecule has 0 saturated carbocycles. The molecule has 1 heterocycles. The minimum absolute atomic E-state index is 0. The van der Waals surface area contributed by atoms with Gasteiger partial charge in [0.25, 0.3) is 0 Å². The molecule has 1 unspecified atom stereocenters. The quantitative estimate of drug-likeness (QED) is 0.220. The Labute approximate surface area is 206 Å². The normalized spacial score (nSPS) is 13.8. The number of guanidine groups is 1. The van der Waals surface area contributed by atoms with Crippen LogP contribution in [0.3, 0.4) is 0 Å². The standard InChI is InChI=1S/C24H31FN4O2.HI/c1-4-26-24(28-17(2)18-11-12-22(31-3)21(25)14-18)27-13-7-10-23(30)29-15-19-8-5-6-9-20(19)16-29;/h5-6,8-9,11-12,14,17H,4,7,10,13,15-16H2,1-3H3,(H2,26,27,28);1H. The molecule has 2 aromatic rings. The molecule has 0 aromatic heterocycles. The molecule has 0 aliphatic carbocycles. The molecule has 1 aliphatic rings. The van der Waals surface area contributed by atoms with Gasteiger partial charge in [-0.05, 0) is 49.1 Å². The second-order valence-corrected chi connectivity index (χ2v) is 7.64. The zero-order valence-electron chi connectivity index (χ0n) is 18.9. The summed E-state index contributed by atoms with van der Waals surface area (Å²) in [5.41, 5.74) is 3.26. The minimum atomic E-state index is -0.391. The zero-order valence-corrected chi connectivity index (χ0v) is 21.2. The molecule has 8 heteroatoms. The molecule has 3 rings (SSSR count). The summed E-state index contributed by atoms with van der Waals surface area (Å²) in [6.45, 7) is 6.56. The van der Waals surface area contributed by atoms with E-state index in [0.717, 1.165) is 5.56 Å². The molecule has 2 aromatic carbocycles. The summed E-state index contributed by atoms with van der Waals surface area (Å²) in [7, 11) is 1.45. The van der Waals surface area contributed by atoms with Crippen LogP contribution in [0.1, 0.15) is 49.4 Å². The van der Waals surface area contributed by atoms with E-state index in [1.807, 2.05) is 36.9 Å². The number of aliphatic imine (C=N–C) groups is 1. The van der Waals surface area contributed by atoms with Gasteiger partial charge < -0.3 is 20.3 Å². The lowest BCUT2D eigenvalue weighted by molar-refractivity contribution is -0.131. The maximum Gasteiger partial charge on any atom is 0.223 e. The molecular formula is C24H32FIN4O2. The van der Waals surface area contributed by atoms with Crippen LogP contribution in [0.15, 0.2) is 47.5 Å². The summed E-state index contributed by atoms with van der Waals surface area (Å²) in [6.07, 6.45) is 1.14. The molecule has 0 fully saturated rings. The SMILES string of the molecule is CCNC(=NCCCC(=O)N1Cc2ccccc2C1)NC(C)c1ccc(OC)c(F)c1.I. The third kappa shape index (κ3) is 6.82. The van der Waals surface area contributed by atoms with Crippen LogP contribution in [0.2, 0.25) is 0 Å². The highest BCUT2D eigenvalue weighted by Crippen LogP contribution is 2.23. The predicted molar refractivity (Wildman–Crippen MR) is 136 cm³/mol. The van der Waals surface area contributed by atoms with Crippen molar-refractivity contribution in [2.75, 3.05) is 20.2 Å². The van der Waals surface area contributed by atoms with Crippen molar-refractivity contribution in [1.82, 2.24) is 15.5 Å². The van der Waals surface area contributed by atoms with Gasteiger partial charge in [0, 0.05) is 32.6 Å². The maximum atomic E-state index is 14.0. The number of fused-ring (bicyclic) bond motifs is 1. The van der Waals surface area contributed by atoms with Crippen molar-refractivity contribution in [3.8, 4) is 5.75 Å². The van der Waals surface area contributed by atoms with Gasteiger partial charge in [0.1, 0.15) is 0 Å². The third-order valence-corrected chi connectivity index (χ3v) is 5.39. The van der Waals surface area contributed by atoms with Gasteiger partial charge in [-0.1, -0.05) is 30.3 Å². The van der Waals surface area contributed by atoms with Crippen molar-refractivity contribution < 1.29 is 13.9 Å². The average molecular weight is 554 g/mol. The molecule has 2 N–H and O–H groups in total. The van der Waals surface area contributed by atoms with Crippen LogP contribution < -0.4 is 15.4 Å². The highest BCUT2D eigenvalue weighted by atomic mass is 127. The van der Waals surface area contributed by atoms with E-state index >= 15 is 0 Å². The molecule has 32 heavy (non-hydrogen) atoms. The number of nitrogens with one attached hydrogen (secondary N) is 2. The number of rotatable bonds is 8. The first-order valence-electron chi connectivity index (χ1n) is 10.7. The topological polar surface area (TPSA) is 66.0 Å². The number of ether oxygens (including phenoxy) is 1. The smallest absolute Gasteiger partial charge is 0.223 e. The largest absolute Gasteiger partial charge is 0.494 e. The van der Waals surface area contributed by atoms with Crippen molar-refractivity contribution in [2.45, 2.75) is 45.8 Å². The monoisotopic (exact) mass is 554 g/mol. The van der Waals surface area contributed by atoms with Crippen LogP contribution in [-0.2, 0) is 17.9 Å². The summed E-state index contributed by atoms with van der Waals surface area (Å²) >= 11 is 0. The molecule has 1 aliphatic heterocycles. The van der Waals surface area contributed by atoms with Gasteiger partial charge in [0.05, 0.1) is 13.2 Å². The van der Waals surface area contributed by atoms with E-state index in [-0.39, 0.29) is 41.7 Å². The lowest BCUT2D eigenvalue weighted by atomic mass is 10.1. The van der Waals surface area contributed by atoms with Gasteiger partial charge in [-0.25, -0.2) is 4.39 Å². The lowest BCUT2D eigenvalue weighted by Crippen LogP contribution is -2.38. The van der Waals surface area contributed by atoms with Gasteiger partial charge >= 0.3 is 0 Å². The Morgan fingerprint density at radius 2 is 1.91 bits per heavy atom. The molecule has 1 amide bonds. The number of carbonyl (C=O) groups excluding carboxylic acids is 1. The molecule has 0 saturated heterocycles. The maximum absolute atomic E-state index is 14.0. The molecule has 6 nitrogen and oxygen atoms in total. The van der Waals surface area contributed by atoms with Crippen LogP contribution in [0.25, 0.3) is 0 Å². The Morgan fingerprint density at radius 3 is 2.50 bits per heavy atom. The van der Waals surface area contributed by atoms with Crippen LogP contribution in [0, 0.1) is 5.82 Å².